The van der Waals surface area contributed by atoms with Crippen LogP contribution in [0.3, 0.4) is 0 Å². The third kappa shape index (κ3) is 2.38. The Morgan fingerprint density at radius 3 is 2.50 bits per heavy atom. The van der Waals surface area contributed by atoms with Crippen LogP contribution in [-0.4, -0.2) is 17.6 Å². The Kier molecular flexibility index (Phi) is 3.93. The molecule has 0 aliphatic heterocycles. The van der Waals surface area contributed by atoms with Crippen LogP contribution in [0.1, 0.15) is 31.7 Å². The lowest BCUT2D eigenvalue weighted by Gasteiger charge is -2.31. The van der Waals surface area contributed by atoms with E-state index in [1.165, 1.54) is 0 Å². The molecular formula is C14H18ClNO2. The van der Waals surface area contributed by atoms with Gasteiger partial charge in [0, 0.05) is 5.02 Å². The van der Waals surface area contributed by atoms with Gasteiger partial charge in [0.25, 0.3) is 0 Å². The Labute approximate surface area is 112 Å². The Balaban J connectivity index is 2.38. The van der Waals surface area contributed by atoms with E-state index in [1.54, 1.807) is 12.1 Å². The highest BCUT2D eigenvalue weighted by Crippen LogP contribution is 2.46. The standard InChI is InChI=1S/C14H18ClNO2/c1-2-9-16-14(13(17)18,10-3-4-10)11-5-7-12(15)8-6-11/h5-8,10,16H,2-4,9H2,1H3,(H,17,18). The number of carboxylic acids is 1. The Morgan fingerprint density at radius 2 is 2.06 bits per heavy atom. The number of rotatable bonds is 6. The molecule has 0 radical (unpaired) electrons. The van der Waals surface area contributed by atoms with Crippen molar-refractivity contribution in [1.82, 2.24) is 5.32 Å². The maximum absolute atomic E-state index is 11.8. The maximum atomic E-state index is 11.8. The molecule has 1 aliphatic rings. The zero-order valence-corrected chi connectivity index (χ0v) is 11.2. The topological polar surface area (TPSA) is 49.3 Å². The third-order valence-electron chi connectivity index (χ3n) is 3.48. The van der Waals surface area contributed by atoms with Crippen molar-refractivity contribution in [2.45, 2.75) is 31.7 Å². The lowest BCUT2D eigenvalue weighted by Crippen LogP contribution is -2.51. The van der Waals surface area contributed by atoms with Crippen LogP contribution >= 0.6 is 11.6 Å². The summed E-state index contributed by atoms with van der Waals surface area (Å²) in [6, 6.07) is 7.14. The molecule has 0 bridgehead atoms. The molecule has 0 aromatic heterocycles. The minimum absolute atomic E-state index is 0.183. The summed E-state index contributed by atoms with van der Waals surface area (Å²) in [7, 11) is 0. The van der Waals surface area contributed by atoms with Gasteiger partial charge < -0.3 is 5.11 Å². The Hall–Kier alpha value is -1.06. The molecule has 1 aromatic carbocycles. The van der Waals surface area contributed by atoms with Gasteiger partial charge in [-0.2, -0.15) is 0 Å². The maximum Gasteiger partial charge on any atom is 0.328 e. The normalized spacial score (nSPS) is 18.3. The van der Waals surface area contributed by atoms with Crippen molar-refractivity contribution < 1.29 is 9.90 Å². The minimum atomic E-state index is -0.944. The smallest absolute Gasteiger partial charge is 0.328 e. The second-order valence-corrected chi connectivity index (χ2v) is 5.26. The van der Waals surface area contributed by atoms with E-state index in [0.717, 1.165) is 24.8 Å². The van der Waals surface area contributed by atoms with Crippen LogP contribution in [0.5, 0.6) is 0 Å². The summed E-state index contributed by atoms with van der Waals surface area (Å²) in [5.41, 5.74) is -0.143. The van der Waals surface area contributed by atoms with Gasteiger partial charge in [-0.25, -0.2) is 4.79 Å². The monoisotopic (exact) mass is 267 g/mol. The molecule has 0 heterocycles. The lowest BCUT2D eigenvalue weighted by molar-refractivity contribution is -0.146. The van der Waals surface area contributed by atoms with E-state index in [-0.39, 0.29) is 5.92 Å². The number of carboxylic acid groups (broad SMARTS) is 1. The summed E-state index contributed by atoms with van der Waals surface area (Å²) in [4.78, 5) is 11.8. The average molecular weight is 268 g/mol. The number of carbonyl (C=O) groups is 1. The van der Waals surface area contributed by atoms with Gasteiger partial charge in [0.1, 0.15) is 5.54 Å². The molecule has 1 atom stereocenters. The Morgan fingerprint density at radius 1 is 1.44 bits per heavy atom. The molecule has 4 heteroatoms. The largest absolute Gasteiger partial charge is 0.480 e. The van der Waals surface area contributed by atoms with Crippen LogP contribution in [-0.2, 0) is 10.3 Å². The van der Waals surface area contributed by atoms with Crippen LogP contribution in [0.2, 0.25) is 5.02 Å². The van der Waals surface area contributed by atoms with Crippen molar-refractivity contribution in [3.05, 3.63) is 34.9 Å². The number of benzene rings is 1. The molecule has 1 fully saturated rings. The van der Waals surface area contributed by atoms with Crippen molar-refractivity contribution in [3.8, 4) is 0 Å². The minimum Gasteiger partial charge on any atom is -0.480 e. The molecule has 3 nitrogen and oxygen atoms in total. The van der Waals surface area contributed by atoms with E-state index in [4.69, 9.17) is 11.6 Å². The first-order valence-electron chi connectivity index (χ1n) is 6.35. The van der Waals surface area contributed by atoms with Gasteiger partial charge in [0.05, 0.1) is 0 Å². The van der Waals surface area contributed by atoms with Crippen molar-refractivity contribution in [2.24, 2.45) is 5.92 Å². The number of hydrogen-bond acceptors (Lipinski definition) is 2. The molecule has 1 aliphatic carbocycles. The second-order valence-electron chi connectivity index (χ2n) is 4.82. The number of hydrogen-bond donors (Lipinski definition) is 2. The van der Waals surface area contributed by atoms with Gasteiger partial charge in [-0.15, -0.1) is 0 Å². The highest BCUT2D eigenvalue weighted by Gasteiger charge is 2.52. The zero-order valence-electron chi connectivity index (χ0n) is 10.4. The van der Waals surface area contributed by atoms with Crippen molar-refractivity contribution >= 4 is 17.6 Å². The van der Waals surface area contributed by atoms with E-state index >= 15 is 0 Å². The number of aliphatic carboxylic acids is 1. The third-order valence-corrected chi connectivity index (χ3v) is 3.73. The zero-order chi connectivity index (χ0) is 13.2. The van der Waals surface area contributed by atoms with E-state index in [1.807, 2.05) is 19.1 Å². The molecule has 1 unspecified atom stereocenters. The van der Waals surface area contributed by atoms with Gasteiger partial charge in [-0.05, 0) is 49.4 Å². The summed E-state index contributed by atoms with van der Waals surface area (Å²) in [6.45, 7) is 2.74. The highest BCUT2D eigenvalue weighted by atomic mass is 35.5. The van der Waals surface area contributed by atoms with E-state index in [9.17, 15) is 9.90 Å². The van der Waals surface area contributed by atoms with Crippen LogP contribution in [0.15, 0.2) is 24.3 Å². The van der Waals surface area contributed by atoms with Crippen LogP contribution < -0.4 is 5.32 Å². The summed E-state index contributed by atoms with van der Waals surface area (Å²) in [5, 5.41) is 13.6. The molecule has 2 rings (SSSR count). The number of halogens is 1. The first-order chi connectivity index (χ1) is 8.61. The molecule has 0 spiro atoms. The molecule has 0 saturated heterocycles. The fraction of sp³-hybridized carbons (Fsp3) is 0.500. The first kappa shape index (κ1) is 13.4. The first-order valence-corrected chi connectivity index (χ1v) is 6.73. The van der Waals surface area contributed by atoms with Gasteiger partial charge in [0.15, 0.2) is 0 Å². The average Bonchev–Trinajstić information content (AvgIpc) is 3.16. The summed E-state index contributed by atoms with van der Waals surface area (Å²) >= 11 is 5.87. The van der Waals surface area contributed by atoms with Crippen LogP contribution in [0.25, 0.3) is 0 Å². The predicted molar refractivity (Wildman–Crippen MR) is 71.8 cm³/mol. The van der Waals surface area contributed by atoms with Crippen molar-refractivity contribution in [1.29, 1.82) is 0 Å². The summed E-state index contributed by atoms with van der Waals surface area (Å²) in [5.74, 6) is -0.608. The predicted octanol–water partition coefficient (Wildman–Crippen LogP) is 3.03. The van der Waals surface area contributed by atoms with E-state index in [0.29, 0.717) is 11.6 Å². The lowest BCUT2D eigenvalue weighted by atomic mass is 9.84. The summed E-state index contributed by atoms with van der Waals surface area (Å²) in [6.07, 6.45) is 2.84. The van der Waals surface area contributed by atoms with E-state index in [2.05, 4.69) is 5.32 Å². The fourth-order valence-corrected chi connectivity index (χ4v) is 2.53. The molecule has 18 heavy (non-hydrogen) atoms. The molecule has 0 amide bonds. The van der Waals surface area contributed by atoms with Crippen molar-refractivity contribution in [3.63, 3.8) is 0 Å². The molecule has 1 aromatic rings. The summed E-state index contributed by atoms with van der Waals surface area (Å²) < 4.78 is 0. The van der Waals surface area contributed by atoms with Gasteiger partial charge in [0.2, 0.25) is 0 Å². The van der Waals surface area contributed by atoms with Gasteiger partial charge >= 0.3 is 5.97 Å². The van der Waals surface area contributed by atoms with Gasteiger partial charge in [-0.1, -0.05) is 30.7 Å². The Bertz CT molecular complexity index is 428. The van der Waals surface area contributed by atoms with E-state index < -0.39 is 11.5 Å². The van der Waals surface area contributed by atoms with Gasteiger partial charge in [-0.3, -0.25) is 5.32 Å². The quantitative estimate of drug-likeness (QED) is 0.833. The van der Waals surface area contributed by atoms with Crippen molar-refractivity contribution in [2.75, 3.05) is 6.54 Å². The van der Waals surface area contributed by atoms with Crippen LogP contribution in [0, 0.1) is 5.92 Å². The number of nitrogens with one attached hydrogen (secondary N) is 1. The molecule has 98 valence electrons. The fourth-order valence-electron chi connectivity index (χ4n) is 2.41. The second kappa shape index (κ2) is 5.29. The molecule has 2 N–H and O–H groups in total. The SMILES string of the molecule is CCCNC(C(=O)O)(c1ccc(Cl)cc1)C1CC1. The molecular weight excluding hydrogens is 250 g/mol. The highest BCUT2D eigenvalue weighted by molar-refractivity contribution is 6.30. The van der Waals surface area contributed by atoms with Crippen LogP contribution in [0.4, 0.5) is 0 Å². The molecule has 1 saturated carbocycles.